The van der Waals surface area contributed by atoms with Crippen molar-refractivity contribution in [2.45, 2.75) is 45.6 Å². The molecule has 6 N–H and O–H groups in total. The highest BCUT2D eigenvalue weighted by Crippen LogP contribution is 2.50. The molecule has 0 aromatic heterocycles. The third kappa shape index (κ3) is 4.10. The Morgan fingerprint density at radius 2 is 1.64 bits per heavy atom. The summed E-state index contributed by atoms with van der Waals surface area (Å²) in [5.74, 6) is 1.54. The van der Waals surface area contributed by atoms with Crippen molar-refractivity contribution in [1.29, 1.82) is 5.41 Å². The summed E-state index contributed by atoms with van der Waals surface area (Å²) in [4.78, 5) is 12.6. The van der Waals surface area contributed by atoms with Crippen molar-refractivity contribution >= 4 is 22.9 Å². The van der Waals surface area contributed by atoms with Crippen molar-refractivity contribution in [1.82, 2.24) is 0 Å². The van der Waals surface area contributed by atoms with Crippen LogP contribution in [-0.2, 0) is 4.79 Å². The van der Waals surface area contributed by atoms with E-state index < -0.39 is 6.04 Å². The van der Waals surface area contributed by atoms with Crippen molar-refractivity contribution < 1.29 is 4.79 Å². The van der Waals surface area contributed by atoms with Gasteiger partial charge in [-0.1, -0.05) is 12.1 Å². The van der Waals surface area contributed by atoms with Gasteiger partial charge in [0.05, 0.1) is 6.04 Å². The molecular weight excluding hydrogens is 312 g/mol. The first-order valence-corrected chi connectivity index (χ1v) is 9.07. The average molecular weight is 340 g/mol. The molecule has 0 unspecified atom stereocenters. The van der Waals surface area contributed by atoms with Crippen LogP contribution in [0.25, 0.3) is 5.57 Å². The van der Waals surface area contributed by atoms with Crippen LogP contribution in [0, 0.1) is 23.2 Å². The standard InChI is InChI=1S/C20H28N4O/c1-11(21)17(12(2)22)13-7-9-16(10-8-13)24-20(25)19(23)18(14-3-4-14)15-5-6-15/h7-10,14-15,18-19,21H,3-6,22-23H2,1-2H3,(H,24,25)/b17-12+,21-11?/t19-/m0/s1. The Kier molecular flexibility index (Phi) is 4.95. The summed E-state index contributed by atoms with van der Waals surface area (Å²) in [7, 11) is 0. The topological polar surface area (TPSA) is 105 Å². The van der Waals surface area contributed by atoms with E-state index >= 15 is 0 Å². The Labute approximate surface area is 149 Å². The van der Waals surface area contributed by atoms with Crippen LogP contribution in [0.1, 0.15) is 45.1 Å². The second kappa shape index (κ2) is 7.00. The van der Waals surface area contributed by atoms with Crippen LogP contribution in [0.4, 0.5) is 5.69 Å². The molecule has 1 aromatic rings. The van der Waals surface area contributed by atoms with E-state index in [4.69, 9.17) is 16.9 Å². The molecule has 1 atom stereocenters. The van der Waals surface area contributed by atoms with Crippen LogP contribution < -0.4 is 16.8 Å². The number of hydrogen-bond acceptors (Lipinski definition) is 4. The Morgan fingerprint density at radius 1 is 1.12 bits per heavy atom. The second-order valence-electron chi connectivity index (χ2n) is 7.53. The Hall–Kier alpha value is -2.14. The van der Waals surface area contributed by atoms with Gasteiger partial charge in [0.2, 0.25) is 5.91 Å². The zero-order valence-electron chi connectivity index (χ0n) is 15.0. The molecule has 0 heterocycles. The molecule has 0 aliphatic heterocycles. The van der Waals surface area contributed by atoms with Crippen LogP contribution in [0.5, 0.6) is 0 Å². The highest BCUT2D eigenvalue weighted by molar-refractivity contribution is 6.21. The molecule has 3 rings (SSSR count). The third-order valence-corrected chi connectivity index (χ3v) is 5.26. The summed E-state index contributed by atoms with van der Waals surface area (Å²) in [6, 6.07) is 7.02. The summed E-state index contributed by atoms with van der Waals surface area (Å²) < 4.78 is 0. The lowest BCUT2D eigenvalue weighted by Crippen LogP contribution is -2.43. The summed E-state index contributed by atoms with van der Waals surface area (Å²) in [5, 5.41) is 10.8. The summed E-state index contributed by atoms with van der Waals surface area (Å²) in [6.07, 6.45) is 4.86. The maximum absolute atomic E-state index is 12.6. The number of allylic oxidation sites excluding steroid dienone is 2. The predicted octanol–water partition coefficient (Wildman–Crippen LogP) is 3.12. The lowest BCUT2D eigenvalue weighted by Gasteiger charge is -2.23. The number of rotatable bonds is 7. The maximum atomic E-state index is 12.6. The largest absolute Gasteiger partial charge is 0.402 e. The van der Waals surface area contributed by atoms with E-state index in [1.807, 2.05) is 24.3 Å². The Balaban J connectivity index is 1.67. The molecule has 2 saturated carbocycles. The first kappa shape index (κ1) is 17.7. The van der Waals surface area contributed by atoms with Gasteiger partial charge in [0.1, 0.15) is 0 Å². The monoisotopic (exact) mass is 340 g/mol. The summed E-state index contributed by atoms with van der Waals surface area (Å²) in [6.45, 7) is 3.51. The highest BCUT2D eigenvalue weighted by atomic mass is 16.2. The number of carbonyl (C=O) groups is 1. The van der Waals surface area contributed by atoms with Crippen molar-refractivity contribution in [2.75, 3.05) is 5.32 Å². The van der Waals surface area contributed by atoms with Gasteiger partial charge in [0, 0.05) is 22.7 Å². The van der Waals surface area contributed by atoms with Crippen molar-refractivity contribution in [3.63, 3.8) is 0 Å². The molecular formula is C20H28N4O. The minimum atomic E-state index is -0.426. The van der Waals surface area contributed by atoms with E-state index in [-0.39, 0.29) is 5.91 Å². The molecule has 2 aliphatic rings. The molecule has 0 bridgehead atoms. The lowest BCUT2D eigenvalue weighted by molar-refractivity contribution is -0.118. The second-order valence-corrected chi connectivity index (χ2v) is 7.53. The Bertz CT molecular complexity index is 683. The average Bonchev–Trinajstić information content (AvgIpc) is 3.43. The van der Waals surface area contributed by atoms with E-state index in [0.29, 0.717) is 29.2 Å². The zero-order valence-corrected chi connectivity index (χ0v) is 15.0. The fourth-order valence-corrected chi connectivity index (χ4v) is 3.79. The van der Waals surface area contributed by atoms with Gasteiger partial charge in [0.25, 0.3) is 0 Å². The van der Waals surface area contributed by atoms with E-state index in [0.717, 1.165) is 16.8 Å². The van der Waals surface area contributed by atoms with Gasteiger partial charge in [0.15, 0.2) is 0 Å². The van der Waals surface area contributed by atoms with Crippen LogP contribution >= 0.6 is 0 Å². The summed E-state index contributed by atoms with van der Waals surface area (Å²) >= 11 is 0. The molecule has 5 nitrogen and oxygen atoms in total. The fraction of sp³-hybridized carbons (Fsp3) is 0.500. The number of anilines is 1. The first-order valence-electron chi connectivity index (χ1n) is 9.07. The van der Waals surface area contributed by atoms with Gasteiger partial charge in [-0.2, -0.15) is 0 Å². The van der Waals surface area contributed by atoms with Gasteiger partial charge in [-0.3, -0.25) is 4.79 Å². The molecule has 2 aliphatic carbocycles. The number of benzene rings is 1. The van der Waals surface area contributed by atoms with Crippen LogP contribution in [-0.4, -0.2) is 17.7 Å². The smallest absolute Gasteiger partial charge is 0.241 e. The molecule has 2 fully saturated rings. The molecule has 1 amide bonds. The lowest BCUT2D eigenvalue weighted by atomic mass is 9.89. The van der Waals surface area contributed by atoms with Crippen LogP contribution in [0.15, 0.2) is 30.0 Å². The summed E-state index contributed by atoms with van der Waals surface area (Å²) in [5.41, 5.74) is 15.5. The predicted molar refractivity (Wildman–Crippen MR) is 102 cm³/mol. The molecule has 5 heteroatoms. The Morgan fingerprint density at radius 3 is 2.04 bits per heavy atom. The zero-order chi connectivity index (χ0) is 18.1. The van der Waals surface area contributed by atoms with Gasteiger partial charge in [-0.25, -0.2) is 0 Å². The third-order valence-electron chi connectivity index (χ3n) is 5.26. The molecule has 25 heavy (non-hydrogen) atoms. The van der Waals surface area contributed by atoms with E-state index in [1.54, 1.807) is 13.8 Å². The number of nitrogens with two attached hydrogens (primary N) is 2. The van der Waals surface area contributed by atoms with E-state index in [2.05, 4.69) is 5.32 Å². The maximum Gasteiger partial charge on any atom is 0.241 e. The van der Waals surface area contributed by atoms with Crippen molar-refractivity contribution in [3.05, 3.63) is 35.5 Å². The SMILES string of the molecule is CC(=N)/C(=C(/C)N)c1ccc(NC(=O)[C@@H](N)C(C2CC2)C2CC2)cc1. The number of carbonyl (C=O) groups excluding carboxylic acids is 1. The van der Waals surface area contributed by atoms with Gasteiger partial charge < -0.3 is 22.2 Å². The molecule has 134 valence electrons. The normalized spacial score (nSPS) is 19.4. The first-order chi connectivity index (χ1) is 11.9. The quantitative estimate of drug-likeness (QED) is 0.573. The van der Waals surface area contributed by atoms with Crippen LogP contribution in [0.3, 0.4) is 0 Å². The van der Waals surface area contributed by atoms with E-state index in [1.165, 1.54) is 25.7 Å². The minimum Gasteiger partial charge on any atom is -0.402 e. The molecule has 1 aromatic carbocycles. The molecule has 0 saturated heterocycles. The molecule has 0 spiro atoms. The van der Waals surface area contributed by atoms with Gasteiger partial charge in [-0.05, 0) is 75.0 Å². The molecule has 0 radical (unpaired) electrons. The number of nitrogens with one attached hydrogen (secondary N) is 2. The highest BCUT2D eigenvalue weighted by Gasteiger charge is 2.46. The minimum absolute atomic E-state index is 0.0921. The number of hydrogen-bond donors (Lipinski definition) is 4. The van der Waals surface area contributed by atoms with Crippen molar-refractivity contribution in [2.24, 2.45) is 29.2 Å². The van der Waals surface area contributed by atoms with Gasteiger partial charge >= 0.3 is 0 Å². The fourth-order valence-electron chi connectivity index (χ4n) is 3.79. The van der Waals surface area contributed by atoms with Gasteiger partial charge in [-0.15, -0.1) is 0 Å². The van der Waals surface area contributed by atoms with Crippen LogP contribution in [0.2, 0.25) is 0 Å². The van der Waals surface area contributed by atoms with Crippen molar-refractivity contribution in [3.8, 4) is 0 Å². The number of amides is 1. The van der Waals surface area contributed by atoms with E-state index in [9.17, 15) is 4.79 Å².